The molecule has 22 heavy (non-hydrogen) atoms. The molecule has 0 spiro atoms. The highest BCUT2D eigenvalue weighted by molar-refractivity contribution is 7.99. The lowest BCUT2D eigenvalue weighted by molar-refractivity contribution is 0.631. The number of aryl methyl sites for hydroxylation is 1. The van der Waals surface area contributed by atoms with Gasteiger partial charge in [-0.15, -0.1) is 11.8 Å². The van der Waals surface area contributed by atoms with Crippen LogP contribution in [0.25, 0.3) is 22.5 Å². The minimum absolute atomic E-state index is 0.206. The van der Waals surface area contributed by atoms with Crippen LogP contribution in [-0.4, -0.2) is 15.3 Å². The van der Waals surface area contributed by atoms with E-state index < -0.39 is 0 Å². The lowest BCUT2D eigenvalue weighted by atomic mass is 10.0. The highest BCUT2D eigenvalue weighted by Crippen LogP contribution is 2.34. The minimum atomic E-state index is -0.206. The van der Waals surface area contributed by atoms with Crippen LogP contribution >= 0.6 is 11.8 Å². The van der Waals surface area contributed by atoms with Gasteiger partial charge in [0.25, 0.3) is 0 Å². The van der Waals surface area contributed by atoms with Gasteiger partial charge < -0.3 is 4.57 Å². The molecule has 0 unspecified atom stereocenters. The Morgan fingerprint density at radius 2 is 1.95 bits per heavy atom. The molecule has 0 bridgehead atoms. The average molecular weight is 312 g/mol. The molecule has 112 valence electrons. The molecule has 4 heteroatoms. The molecule has 2 nitrogen and oxygen atoms in total. The van der Waals surface area contributed by atoms with Gasteiger partial charge in [0, 0.05) is 35.5 Å². The van der Waals surface area contributed by atoms with Crippen molar-refractivity contribution in [1.29, 1.82) is 0 Å². The van der Waals surface area contributed by atoms with Gasteiger partial charge in [0.1, 0.15) is 11.6 Å². The highest BCUT2D eigenvalue weighted by atomic mass is 32.2. The summed E-state index contributed by atoms with van der Waals surface area (Å²) in [5, 5.41) is 0. The Balaban J connectivity index is 2.14. The Labute approximate surface area is 134 Å². The van der Waals surface area contributed by atoms with Crippen LogP contribution in [0, 0.1) is 5.82 Å². The lowest BCUT2D eigenvalue weighted by Crippen LogP contribution is -1.94. The zero-order valence-corrected chi connectivity index (χ0v) is 13.4. The molecule has 0 N–H and O–H groups in total. The molecule has 2 aromatic carbocycles. The van der Waals surface area contributed by atoms with Crippen molar-refractivity contribution in [2.24, 2.45) is 7.05 Å². The van der Waals surface area contributed by atoms with Crippen molar-refractivity contribution in [1.82, 2.24) is 9.55 Å². The van der Waals surface area contributed by atoms with Crippen LogP contribution in [0.2, 0.25) is 0 Å². The third-order valence-electron chi connectivity index (χ3n) is 3.52. The lowest BCUT2D eigenvalue weighted by Gasteiger charge is -2.11. The van der Waals surface area contributed by atoms with E-state index in [0.717, 1.165) is 27.6 Å². The summed E-state index contributed by atoms with van der Waals surface area (Å²) in [6.45, 7) is 2.10. The molecule has 0 saturated carbocycles. The topological polar surface area (TPSA) is 17.8 Å². The van der Waals surface area contributed by atoms with Crippen LogP contribution in [0.1, 0.15) is 6.92 Å². The van der Waals surface area contributed by atoms with Gasteiger partial charge in [-0.1, -0.05) is 25.1 Å². The van der Waals surface area contributed by atoms with Gasteiger partial charge in [0.05, 0.1) is 0 Å². The van der Waals surface area contributed by atoms with Crippen molar-refractivity contribution in [3.8, 4) is 22.5 Å². The maximum Gasteiger partial charge on any atom is 0.139 e. The van der Waals surface area contributed by atoms with Gasteiger partial charge in [-0.25, -0.2) is 9.37 Å². The molecule has 0 atom stereocenters. The van der Waals surface area contributed by atoms with Crippen LogP contribution in [0.4, 0.5) is 4.39 Å². The van der Waals surface area contributed by atoms with Crippen molar-refractivity contribution >= 4 is 11.8 Å². The number of imidazole rings is 1. The number of aromatic nitrogens is 2. The standard InChI is InChI=1S/C18H17FN2S/c1-3-22-17-7-5-4-6-14(17)15-12-13(8-9-16(15)19)18-20-10-11-21(18)2/h4-12H,3H2,1-2H3. The zero-order chi connectivity index (χ0) is 15.5. The number of thioether (sulfide) groups is 1. The summed E-state index contributed by atoms with van der Waals surface area (Å²) in [7, 11) is 1.94. The summed E-state index contributed by atoms with van der Waals surface area (Å²) in [5.74, 6) is 1.58. The maximum absolute atomic E-state index is 14.4. The van der Waals surface area contributed by atoms with Gasteiger partial charge in [-0.05, 0) is 35.6 Å². The van der Waals surface area contributed by atoms with E-state index in [1.54, 1.807) is 24.0 Å². The second kappa shape index (κ2) is 6.36. The van der Waals surface area contributed by atoms with E-state index >= 15 is 0 Å². The Kier molecular flexibility index (Phi) is 4.29. The summed E-state index contributed by atoms with van der Waals surface area (Å²) >= 11 is 1.72. The first-order chi connectivity index (χ1) is 10.7. The first-order valence-corrected chi connectivity index (χ1v) is 8.18. The van der Waals surface area contributed by atoms with Gasteiger partial charge >= 0.3 is 0 Å². The second-order valence-electron chi connectivity index (χ2n) is 4.99. The smallest absolute Gasteiger partial charge is 0.139 e. The molecule has 0 aliphatic heterocycles. The van der Waals surface area contributed by atoms with E-state index in [4.69, 9.17) is 0 Å². The second-order valence-corrected chi connectivity index (χ2v) is 6.29. The van der Waals surface area contributed by atoms with Crippen molar-refractivity contribution in [3.63, 3.8) is 0 Å². The summed E-state index contributed by atoms with van der Waals surface area (Å²) in [5.41, 5.74) is 2.47. The quantitative estimate of drug-likeness (QED) is 0.631. The number of rotatable bonds is 4. The predicted octanol–water partition coefficient (Wildman–Crippen LogP) is 5.01. The fourth-order valence-corrected chi connectivity index (χ4v) is 3.30. The van der Waals surface area contributed by atoms with Gasteiger partial charge in [-0.2, -0.15) is 0 Å². The summed E-state index contributed by atoms with van der Waals surface area (Å²) in [6.07, 6.45) is 3.64. The first kappa shape index (κ1) is 14.9. The van der Waals surface area contributed by atoms with Crippen LogP contribution in [0.3, 0.4) is 0 Å². The minimum Gasteiger partial charge on any atom is -0.334 e. The molecule has 0 amide bonds. The third-order valence-corrected chi connectivity index (χ3v) is 4.48. The first-order valence-electron chi connectivity index (χ1n) is 7.20. The molecule has 1 heterocycles. The number of hydrogen-bond donors (Lipinski definition) is 0. The van der Waals surface area contributed by atoms with Crippen molar-refractivity contribution in [2.75, 3.05) is 5.75 Å². The fourth-order valence-electron chi connectivity index (χ4n) is 2.49. The SMILES string of the molecule is CCSc1ccccc1-c1cc(-c2nccn2C)ccc1F. The molecule has 0 fully saturated rings. The summed E-state index contributed by atoms with van der Waals surface area (Å²) in [4.78, 5) is 5.44. The molecule has 0 saturated heterocycles. The maximum atomic E-state index is 14.4. The van der Waals surface area contributed by atoms with E-state index in [1.807, 2.05) is 48.1 Å². The van der Waals surface area contributed by atoms with Crippen LogP contribution in [0.5, 0.6) is 0 Å². The molecule has 0 aliphatic carbocycles. The highest BCUT2D eigenvalue weighted by Gasteiger charge is 2.12. The van der Waals surface area contributed by atoms with Crippen LogP contribution in [-0.2, 0) is 7.05 Å². The van der Waals surface area contributed by atoms with E-state index in [0.29, 0.717) is 5.56 Å². The van der Waals surface area contributed by atoms with E-state index in [2.05, 4.69) is 11.9 Å². The van der Waals surface area contributed by atoms with E-state index in [9.17, 15) is 4.39 Å². The molecule has 3 rings (SSSR count). The molecular weight excluding hydrogens is 295 g/mol. The Bertz CT molecular complexity index is 795. The van der Waals surface area contributed by atoms with E-state index in [-0.39, 0.29) is 5.82 Å². The molecule has 1 aromatic heterocycles. The zero-order valence-electron chi connectivity index (χ0n) is 12.6. The molecule has 3 aromatic rings. The Hall–Kier alpha value is -2.07. The number of nitrogens with zero attached hydrogens (tertiary/aromatic N) is 2. The van der Waals surface area contributed by atoms with Crippen molar-refractivity contribution in [3.05, 3.63) is 60.7 Å². The van der Waals surface area contributed by atoms with E-state index in [1.165, 1.54) is 6.07 Å². The van der Waals surface area contributed by atoms with Gasteiger partial charge in [0.2, 0.25) is 0 Å². The fraction of sp³-hybridized carbons (Fsp3) is 0.167. The average Bonchev–Trinajstić information content (AvgIpc) is 2.95. The third kappa shape index (κ3) is 2.79. The predicted molar refractivity (Wildman–Crippen MR) is 90.4 cm³/mol. The normalized spacial score (nSPS) is 10.9. The number of benzene rings is 2. The van der Waals surface area contributed by atoms with Crippen molar-refractivity contribution < 1.29 is 4.39 Å². The summed E-state index contributed by atoms with van der Waals surface area (Å²) in [6, 6.07) is 13.1. The number of halogens is 1. The largest absolute Gasteiger partial charge is 0.334 e. The van der Waals surface area contributed by atoms with Crippen molar-refractivity contribution in [2.45, 2.75) is 11.8 Å². The monoisotopic (exact) mass is 312 g/mol. The molecular formula is C18H17FN2S. The Morgan fingerprint density at radius 1 is 1.14 bits per heavy atom. The number of hydrogen-bond acceptors (Lipinski definition) is 2. The van der Waals surface area contributed by atoms with Crippen LogP contribution in [0.15, 0.2) is 59.8 Å². The summed E-state index contributed by atoms with van der Waals surface area (Å²) < 4.78 is 16.3. The Morgan fingerprint density at radius 3 is 2.68 bits per heavy atom. The van der Waals surface area contributed by atoms with Gasteiger partial charge in [0.15, 0.2) is 0 Å². The molecule has 0 aliphatic rings. The van der Waals surface area contributed by atoms with Crippen LogP contribution < -0.4 is 0 Å². The van der Waals surface area contributed by atoms with Gasteiger partial charge in [-0.3, -0.25) is 0 Å². The molecule has 0 radical (unpaired) electrons.